The van der Waals surface area contributed by atoms with Gasteiger partial charge < -0.3 is 35.7 Å². The van der Waals surface area contributed by atoms with Gasteiger partial charge >= 0.3 is 17.9 Å². The van der Waals surface area contributed by atoms with Gasteiger partial charge in [-0.05, 0) is 0 Å². The molecule has 0 aliphatic rings. The number of carboxylic acids is 3. The van der Waals surface area contributed by atoms with Crippen molar-refractivity contribution >= 4 is 17.9 Å². The van der Waals surface area contributed by atoms with Crippen molar-refractivity contribution in [2.75, 3.05) is 13.2 Å². The lowest BCUT2D eigenvalue weighted by Gasteiger charge is -2.26. The molecule has 0 aromatic carbocycles. The molecule has 0 radical (unpaired) electrons. The summed E-state index contributed by atoms with van der Waals surface area (Å²) in [5, 5.41) is 62.7. The molecule has 0 aliphatic carbocycles. The van der Waals surface area contributed by atoms with Crippen LogP contribution in [0.25, 0.3) is 0 Å². The SMILES string of the molecule is O=C(O)CC(CC(=O)O)(OOC[C@H](O)[C@@H](O)[C@H](O)CO)C(=O)O. The smallest absolute Gasteiger partial charge is 0.340 e. The number of aliphatic hydroxyl groups excluding tert-OH is 4. The summed E-state index contributed by atoms with van der Waals surface area (Å²) in [6.07, 6.45) is -7.88. The van der Waals surface area contributed by atoms with Gasteiger partial charge in [-0.1, -0.05) is 0 Å². The Kier molecular flexibility index (Phi) is 8.60. The molecule has 3 atom stereocenters. The molecule has 0 aromatic rings. The summed E-state index contributed by atoms with van der Waals surface area (Å²) in [6, 6.07) is 0. The van der Waals surface area contributed by atoms with E-state index in [0.717, 1.165) is 0 Å². The molecule has 0 saturated heterocycles. The normalized spacial score (nSPS) is 15.7. The van der Waals surface area contributed by atoms with Crippen molar-refractivity contribution in [1.29, 1.82) is 0 Å². The van der Waals surface area contributed by atoms with Crippen molar-refractivity contribution < 1.29 is 59.9 Å². The number of carboxylic acid groups (broad SMARTS) is 3. The van der Waals surface area contributed by atoms with Gasteiger partial charge in [-0.3, -0.25) is 9.59 Å². The van der Waals surface area contributed by atoms with E-state index in [2.05, 4.69) is 9.78 Å². The molecule has 7 N–H and O–H groups in total. The number of aliphatic hydroxyl groups is 4. The highest BCUT2D eigenvalue weighted by atomic mass is 17.2. The second-order valence-corrected chi connectivity index (χ2v) is 4.62. The Labute approximate surface area is 129 Å². The van der Waals surface area contributed by atoms with E-state index in [0.29, 0.717) is 0 Å². The molecule has 23 heavy (non-hydrogen) atoms. The molecule has 12 heteroatoms. The van der Waals surface area contributed by atoms with E-state index in [-0.39, 0.29) is 0 Å². The van der Waals surface area contributed by atoms with Crippen LogP contribution in [0.3, 0.4) is 0 Å². The average Bonchev–Trinajstić information content (AvgIpc) is 2.43. The molecule has 0 unspecified atom stereocenters. The Hall–Kier alpha value is -1.83. The van der Waals surface area contributed by atoms with Gasteiger partial charge in [0.15, 0.2) is 0 Å². The van der Waals surface area contributed by atoms with Crippen LogP contribution in [-0.2, 0) is 24.2 Å². The van der Waals surface area contributed by atoms with Gasteiger partial charge in [0.05, 0.1) is 19.4 Å². The van der Waals surface area contributed by atoms with Gasteiger partial charge in [0.25, 0.3) is 0 Å². The molecule has 0 amide bonds. The van der Waals surface area contributed by atoms with Gasteiger partial charge in [0.2, 0.25) is 5.60 Å². The third kappa shape index (κ3) is 6.85. The van der Waals surface area contributed by atoms with Crippen LogP contribution in [0, 0.1) is 0 Å². The summed E-state index contributed by atoms with van der Waals surface area (Å²) in [5.41, 5.74) is -2.75. The lowest BCUT2D eigenvalue weighted by molar-refractivity contribution is -0.364. The third-order valence-electron chi connectivity index (χ3n) is 2.70. The Morgan fingerprint density at radius 2 is 1.39 bits per heavy atom. The maximum absolute atomic E-state index is 11.1. The van der Waals surface area contributed by atoms with Crippen LogP contribution < -0.4 is 0 Å². The largest absolute Gasteiger partial charge is 0.481 e. The molecule has 0 aliphatic heterocycles. The van der Waals surface area contributed by atoms with Crippen molar-refractivity contribution in [1.82, 2.24) is 0 Å². The molecule has 0 aromatic heterocycles. The van der Waals surface area contributed by atoms with Gasteiger partial charge in [-0.2, -0.15) is 0 Å². The quantitative estimate of drug-likeness (QED) is 0.138. The zero-order valence-electron chi connectivity index (χ0n) is 11.7. The van der Waals surface area contributed by atoms with E-state index >= 15 is 0 Å². The van der Waals surface area contributed by atoms with E-state index in [9.17, 15) is 24.6 Å². The number of carbonyl (C=O) groups is 3. The summed E-state index contributed by atoms with van der Waals surface area (Å²) >= 11 is 0. The Balaban J connectivity index is 4.87. The van der Waals surface area contributed by atoms with E-state index < -0.39 is 67.9 Å². The first kappa shape index (κ1) is 21.2. The van der Waals surface area contributed by atoms with Gasteiger partial charge in [0.1, 0.15) is 24.9 Å². The van der Waals surface area contributed by atoms with E-state index in [4.69, 9.17) is 25.5 Å². The molecule has 0 spiro atoms. The molecule has 0 saturated carbocycles. The average molecular weight is 342 g/mol. The monoisotopic (exact) mass is 342 g/mol. The molecule has 12 nitrogen and oxygen atoms in total. The maximum atomic E-state index is 11.1. The molecule has 134 valence electrons. The fourth-order valence-electron chi connectivity index (χ4n) is 1.48. The standard InChI is InChI=1S/C11H18O12/c12-3-5(13)9(19)6(14)4-22-23-11(10(20)21,1-7(15)16)2-8(17)18/h5-6,9,12-14,19H,1-4H2,(H,15,16)(H,17,18)(H,20,21)/t5-,6+,9+/m1/s1. The van der Waals surface area contributed by atoms with E-state index in [1.165, 1.54) is 0 Å². The number of aliphatic carboxylic acids is 3. The highest BCUT2D eigenvalue weighted by Crippen LogP contribution is 2.23. The first-order valence-corrected chi connectivity index (χ1v) is 6.18. The maximum Gasteiger partial charge on any atom is 0.340 e. The highest BCUT2D eigenvalue weighted by Gasteiger charge is 2.46. The van der Waals surface area contributed by atoms with E-state index in [1.54, 1.807) is 0 Å². The van der Waals surface area contributed by atoms with Crippen LogP contribution >= 0.6 is 0 Å². The highest BCUT2D eigenvalue weighted by molar-refractivity contribution is 5.88. The van der Waals surface area contributed by atoms with Crippen molar-refractivity contribution in [2.24, 2.45) is 0 Å². The zero-order chi connectivity index (χ0) is 18.2. The van der Waals surface area contributed by atoms with Gasteiger partial charge in [-0.25, -0.2) is 14.6 Å². The minimum Gasteiger partial charge on any atom is -0.481 e. The zero-order valence-corrected chi connectivity index (χ0v) is 11.7. The summed E-state index contributed by atoms with van der Waals surface area (Å²) in [6.45, 7) is -1.80. The fourth-order valence-corrected chi connectivity index (χ4v) is 1.48. The number of hydrogen-bond donors (Lipinski definition) is 7. The predicted molar refractivity (Wildman–Crippen MR) is 67.0 cm³/mol. The van der Waals surface area contributed by atoms with Crippen LogP contribution in [0.2, 0.25) is 0 Å². The molecule has 0 bridgehead atoms. The molecular formula is C11H18O12. The predicted octanol–water partition coefficient (Wildman–Crippen LogP) is -3.22. The summed E-state index contributed by atoms with van der Waals surface area (Å²) in [7, 11) is 0. The molecule has 0 fully saturated rings. The Morgan fingerprint density at radius 3 is 1.74 bits per heavy atom. The summed E-state index contributed by atoms with van der Waals surface area (Å²) < 4.78 is 0. The lowest BCUT2D eigenvalue weighted by atomic mass is 9.96. The topological polar surface area (TPSA) is 211 Å². The van der Waals surface area contributed by atoms with E-state index in [1.807, 2.05) is 0 Å². The van der Waals surface area contributed by atoms with Crippen LogP contribution in [-0.4, -0.2) is 90.8 Å². The number of rotatable bonds is 12. The first-order chi connectivity index (χ1) is 10.6. The van der Waals surface area contributed by atoms with Crippen molar-refractivity contribution in [3.05, 3.63) is 0 Å². The lowest BCUT2D eigenvalue weighted by Crippen LogP contribution is -2.47. The molecule has 0 rings (SSSR count). The van der Waals surface area contributed by atoms with Gasteiger partial charge in [0, 0.05) is 0 Å². The Morgan fingerprint density at radius 1 is 0.913 bits per heavy atom. The van der Waals surface area contributed by atoms with Crippen LogP contribution in [0.15, 0.2) is 0 Å². The second kappa shape index (κ2) is 9.34. The van der Waals surface area contributed by atoms with Gasteiger partial charge in [-0.15, -0.1) is 0 Å². The first-order valence-electron chi connectivity index (χ1n) is 6.18. The van der Waals surface area contributed by atoms with Crippen LogP contribution in [0.5, 0.6) is 0 Å². The minimum atomic E-state index is -2.75. The Bertz CT molecular complexity index is 405. The van der Waals surface area contributed by atoms with Crippen LogP contribution in [0.4, 0.5) is 0 Å². The van der Waals surface area contributed by atoms with Crippen molar-refractivity contribution in [3.63, 3.8) is 0 Å². The van der Waals surface area contributed by atoms with Crippen molar-refractivity contribution in [3.8, 4) is 0 Å². The molecular weight excluding hydrogens is 324 g/mol. The van der Waals surface area contributed by atoms with Crippen molar-refractivity contribution in [2.45, 2.75) is 36.8 Å². The van der Waals surface area contributed by atoms with Crippen LogP contribution in [0.1, 0.15) is 12.8 Å². The third-order valence-corrected chi connectivity index (χ3v) is 2.70. The molecule has 0 heterocycles. The fraction of sp³-hybridized carbons (Fsp3) is 0.727. The summed E-state index contributed by atoms with van der Waals surface area (Å²) in [4.78, 5) is 41.2. The minimum absolute atomic E-state index is 0.879. The number of hydrogen-bond acceptors (Lipinski definition) is 9. The second-order valence-electron chi connectivity index (χ2n) is 4.62. The summed E-state index contributed by atoms with van der Waals surface area (Å²) in [5.74, 6) is -5.27.